The van der Waals surface area contributed by atoms with Crippen molar-refractivity contribution in [2.75, 3.05) is 32.8 Å². The van der Waals surface area contributed by atoms with Crippen molar-refractivity contribution in [1.82, 2.24) is 15.8 Å². The van der Waals surface area contributed by atoms with Gasteiger partial charge in [0.15, 0.2) is 0 Å². The Balaban J connectivity index is 1.30. The Labute approximate surface area is 156 Å². The van der Waals surface area contributed by atoms with Gasteiger partial charge in [0.1, 0.15) is 0 Å². The van der Waals surface area contributed by atoms with Crippen LogP contribution >= 0.6 is 0 Å². The second kappa shape index (κ2) is 8.51. The number of rotatable bonds is 4. The standard InChI is InChI=1S/C21H31N3O2/c25-21(18-8-12-26-13-9-18)24-10-6-17(7-11-24)20-19(15-22-23-20)14-16-4-2-1-3-5-16/h1-5,17-20,22-23H,6-15H2. The predicted octanol–water partition coefficient (Wildman–Crippen LogP) is 1.99. The topological polar surface area (TPSA) is 53.6 Å². The molecule has 5 heteroatoms. The molecule has 4 rings (SSSR count). The summed E-state index contributed by atoms with van der Waals surface area (Å²) in [5.74, 6) is 1.83. The van der Waals surface area contributed by atoms with E-state index in [2.05, 4.69) is 46.1 Å². The van der Waals surface area contributed by atoms with E-state index in [-0.39, 0.29) is 5.92 Å². The fourth-order valence-electron chi connectivity index (χ4n) is 4.85. The third kappa shape index (κ3) is 4.11. The highest BCUT2D eigenvalue weighted by atomic mass is 16.5. The Hall–Kier alpha value is -1.43. The van der Waals surface area contributed by atoms with Gasteiger partial charge < -0.3 is 9.64 Å². The lowest BCUT2D eigenvalue weighted by atomic mass is 9.80. The lowest BCUT2D eigenvalue weighted by Crippen LogP contribution is -2.48. The minimum atomic E-state index is 0.192. The van der Waals surface area contributed by atoms with Crippen molar-refractivity contribution in [2.24, 2.45) is 17.8 Å². The third-order valence-electron chi connectivity index (χ3n) is 6.41. The average Bonchev–Trinajstić information content (AvgIpc) is 3.17. The van der Waals surface area contributed by atoms with Crippen LogP contribution in [0, 0.1) is 17.8 Å². The first-order chi connectivity index (χ1) is 12.8. The molecule has 0 bridgehead atoms. The molecule has 2 N–H and O–H groups in total. The number of hydrogen-bond acceptors (Lipinski definition) is 4. The van der Waals surface area contributed by atoms with Crippen molar-refractivity contribution in [3.8, 4) is 0 Å². The summed E-state index contributed by atoms with van der Waals surface area (Å²) in [6.45, 7) is 4.34. The number of ether oxygens (including phenoxy) is 1. The summed E-state index contributed by atoms with van der Waals surface area (Å²) in [5.41, 5.74) is 8.33. The monoisotopic (exact) mass is 357 g/mol. The molecule has 0 spiro atoms. The summed E-state index contributed by atoms with van der Waals surface area (Å²) in [6.07, 6.45) is 5.13. The quantitative estimate of drug-likeness (QED) is 0.865. The highest BCUT2D eigenvalue weighted by Gasteiger charge is 2.37. The van der Waals surface area contributed by atoms with Crippen LogP contribution < -0.4 is 10.9 Å². The van der Waals surface area contributed by atoms with Crippen LogP contribution in [0.1, 0.15) is 31.2 Å². The van der Waals surface area contributed by atoms with Gasteiger partial charge in [0.2, 0.25) is 5.91 Å². The van der Waals surface area contributed by atoms with Gasteiger partial charge in [-0.1, -0.05) is 30.3 Å². The van der Waals surface area contributed by atoms with Gasteiger partial charge >= 0.3 is 0 Å². The zero-order valence-corrected chi connectivity index (χ0v) is 15.5. The molecule has 3 saturated heterocycles. The van der Waals surface area contributed by atoms with Gasteiger partial charge in [-0.25, -0.2) is 0 Å². The molecule has 1 aromatic rings. The fourth-order valence-corrected chi connectivity index (χ4v) is 4.85. The van der Waals surface area contributed by atoms with Gasteiger partial charge in [0.05, 0.1) is 0 Å². The van der Waals surface area contributed by atoms with Crippen molar-refractivity contribution in [3.05, 3.63) is 35.9 Å². The molecule has 26 heavy (non-hydrogen) atoms. The molecule has 0 aliphatic carbocycles. The molecule has 2 unspecified atom stereocenters. The lowest BCUT2D eigenvalue weighted by molar-refractivity contribution is -0.140. The number of hydrogen-bond donors (Lipinski definition) is 2. The second-order valence-corrected chi connectivity index (χ2v) is 8.05. The number of likely N-dealkylation sites (tertiary alicyclic amines) is 1. The number of hydrazine groups is 1. The SMILES string of the molecule is O=C(C1CCOCC1)N1CCC(C2NNCC2Cc2ccccc2)CC1. The van der Waals surface area contributed by atoms with Crippen molar-refractivity contribution < 1.29 is 9.53 Å². The molecule has 1 amide bonds. The normalized spacial score (nSPS) is 28.4. The average molecular weight is 357 g/mol. The molecular weight excluding hydrogens is 326 g/mol. The maximum atomic E-state index is 12.7. The first-order valence-electron chi connectivity index (χ1n) is 10.2. The molecule has 142 valence electrons. The van der Waals surface area contributed by atoms with E-state index in [4.69, 9.17) is 4.74 Å². The largest absolute Gasteiger partial charge is 0.381 e. The Morgan fingerprint density at radius 1 is 1.08 bits per heavy atom. The molecule has 2 atom stereocenters. The van der Waals surface area contributed by atoms with Crippen LogP contribution in [0.2, 0.25) is 0 Å². The molecular formula is C21H31N3O2. The van der Waals surface area contributed by atoms with Crippen LogP contribution in [0.5, 0.6) is 0 Å². The fraction of sp³-hybridized carbons (Fsp3) is 0.667. The van der Waals surface area contributed by atoms with Crippen molar-refractivity contribution in [1.29, 1.82) is 0 Å². The molecule has 3 aliphatic rings. The molecule has 3 aliphatic heterocycles. The van der Waals surface area contributed by atoms with Gasteiger partial charge in [-0.2, -0.15) is 0 Å². The van der Waals surface area contributed by atoms with E-state index >= 15 is 0 Å². The summed E-state index contributed by atoms with van der Waals surface area (Å²) in [4.78, 5) is 14.8. The lowest BCUT2D eigenvalue weighted by Gasteiger charge is -2.38. The van der Waals surface area contributed by atoms with Crippen molar-refractivity contribution >= 4 is 5.91 Å². The first kappa shape index (κ1) is 18.0. The molecule has 1 aromatic carbocycles. The van der Waals surface area contributed by atoms with E-state index in [1.165, 1.54) is 5.56 Å². The number of carbonyl (C=O) groups excluding carboxylic acids is 1. The van der Waals surface area contributed by atoms with Gasteiger partial charge in [0.25, 0.3) is 0 Å². The summed E-state index contributed by atoms with van der Waals surface area (Å²) in [7, 11) is 0. The summed E-state index contributed by atoms with van der Waals surface area (Å²) in [5, 5.41) is 0. The van der Waals surface area contributed by atoms with Crippen LogP contribution in [0.15, 0.2) is 30.3 Å². The Bertz CT molecular complexity index is 580. The smallest absolute Gasteiger partial charge is 0.225 e. The molecule has 3 heterocycles. The van der Waals surface area contributed by atoms with E-state index in [1.54, 1.807) is 0 Å². The molecule has 3 fully saturated rings. The molecule has 0 aromatic heterocycles. The number of nitrogens with zero attached hydrogens (tertiary/aromatic N) is 1. The summed E-state index contributed by atoms with van der Waals surface area (Å²) < 4.78 is 5.40. The van der Waals surface area contributed by atoms with Gasteiger partial charge in [-0.05, 0) is 49.5 Å². The van der Waals surface area contributed by atoms with E-state index < -0.39 is 0 Å². The van der Waals surface area contributed by atoms with Crippen molar-refractivity contribution in [2.45, 2.75) is 38.1 Å². The van der Waals surface area contributed by atoms with Gasteiger partial charge in [0, 0.05) is 44.8 Å². The van der Waals surface area contributed by atoms with Crippen LogP contribution in [0.3, 0.4) is 0 Å². The zero-order chi connectivity index (χ0) is 17.8. The van der Waals surface area contributed by atoms with Crippen LogP contribution in [0.25, 0.3) is 0 Å². The number of piperidine rings is 1. The summed E-state index contributed by atoms with van der Waals surface area (Å²) in [6, 6.07) is 11.3. The Morgan fingerprint density at radius 2 is 1.81 bits per heavy atom. The second-order valence-electron chi connectivity index (χ2n) is 8.05. The van der Waals surface area contributed by atoms with E-state index in [0.29, 0.717) is 23.8 Å². The molecule has 0 radical (unpaired) electrons. The molecule has 0 saturated carbocycles. The van der Waals surface area contributed by atoms with E-state index in [9.17, 15) is 4.79 Å². The van der Waals surface area contributed by atoms with Gasteiger partial charge in [-0.3, -0.25) is 15.6 Å². The highest BCUT2D eigenvalue weighted by Crippen LogP contribution is 2.30. The maximum Gasteiger partial charge on any atom is 0.225 e. The number of nitrogens with one attached hydrogen (secondary N) is 2. The molecule has 5 nitrogen and oxygen atoms in total. The van der Waals surface area contributed by atoms with E-state index in [1.807, 2.05) is 0 Å². The Kier molecular flexibility index (Phi) is 5.88. The number of carbonyl (C=O) groups is 1. The number of amides is 1. The Morgan fingerprint density at radius 3 is 2.54 bits per heavy atom. The van der Waals surface area contributed by atoms with Crippen LogP contribution in [-0.2, 0) is 16.0 Å². The minimum Gasteiger partial charge on any atom is -0.381 e. The summed E-state index contributed by atoms with van der Waals surface area (Å²) >= 11 is 0. The predicted molar refractivity (Wildman–Crippen MR) is 101 cm³/mol. The van der Waals surface area contributed by atoms with Crippen molar-refractivity contribution in [3.63, 3.8) is 0 Å². The first-order valence-corrected chi connectivity index (χ1v) is 10.2. The highest BCUT2D eigenvalue weighted by molar-refractivity contribution is 5.79. The number of benzene rings is 1. The third-order valence-corrected chi connectivity index (χ3v) is 6.41. The van der Waals surface area contributed by atoms with E-state index in [0.717, 1.165) is 65.0 Å². The maximum absolute atomic E-state index is 12.7. The van der Waals surface area contributed by atoms with Crippen LogP contribution in [-0.4, -0.2) is 49.7 Å². The minimum absolute atomic E-state index is 0.192. The van der Waals surface area contributed by atoms with Crippen LogP contribution in [0.4, 0.5) is 0 Å². The zero-order valence-electron chi connectivity index (χ0n) is 15.5. The van der Waals surface area contributed by atoms with Gasteiger partial charge in [-0.15, -0.1) is 0 Å².